The van der Waals surface area contributed by atoms with Crippen LogP contribution in [0.25, 0.3) is 6.08 Å². The second-order valence-corrected chi connectivity index (χ2v) is 6.28. The number of carbonyl (C=O) groups is 2. The number of hydrogen-bond donors (Lipinski definition) is 1. The average Bonchev–Trinajstić information content (AvgIpc) is 3.12. The Balaban J connectivity index is 1.71. The van der Waals surface area contributed by atoms with Gasteiger partial charge in [-0.25, -0.2) is 4.79 Å². The summed E-state index contributed by atoms with van der Waals surface area (Å²) in [7, 11) is 3.01. The van der Waals surface area contributed by atoms with Crippen molar-refractivity contribution in [2.75, 3.05) is 37.6 Å². The zero-order valence-electron chi connectivity index (χ0n) is 15.4. The Morgan fingerprint density at radius 3 is 2.75 bits per heavy atom. The quantitative estimate of drug-likeness (QED) is 0.740. The molecule has 1 N–H and O–H groups in total. The third-order valence-electron chi connectivity index (χ3n) is 4.07. The molecule has 2 aromatic carbocycles. The Kier molecular flexibility index (Phi) is 6.06. The van der Waals surface area contributed by atoms with Crippen LogP contribution >= 0.6 is 11.6 Å². The van der Waals surface area contributed by atoms with Crippen LogP contribution in [0.2, 0.25) is 5.02 Å². The van der Waals surface area contributed by atoms with E-state index in [1.807, 2.05) is 0 Å². The van der Waals surface area contributed by atoms with E-state index >= 15 is 0 Å². The molecule has 146 valence electrons. The van der Waals surface area contributed by atoms with Crippen LogP contribution in [0.1, 0.15) is 5.56 Å². The van der Waals surface area contributed by atoms with E-state index in [0.717, 1.165) is 0 Å². The summed E-state index contributed by atoms with van der Waals surface area (Å²) in [4.78, 5) is 25.4. The lowest BCUT2D eigenvalue weighted by molar-refractivity contribution is -0.111. The van der Waals surface area contributed by atoms with Gasteiger partial charge in [-0.15, -0.1) is 0 Å². The van der Waals surface area contributed by atoms with E-state index in [4.69, 9.17) is 25.8 Å². The minimum atomic E-state index is -0.395. The van der Waals surface area contributed by atoms with Gasteiger partial charge >= 0.3 is 6.09 Å². The first-order valence-corrected chi connectivity index (χ1v) is 8.84. The summed E-state index contributed by atoms with van der Waals surface area (Å²) in [6.45, 7) is 0.836. The van der Waals surface area contributed by atoms with E-state index in [0.29, 0.717) is 46.6 Å². The maximum absolute atomic E-state index is 12.3. The molecule has 3 rings (SSSR count). The molecule has 0 radical (unpaired) electrons. The molecule has 0 aromatic heterocycles. The number of rotatable bonds is 6. The predicted molar refractivity (Wildman–Crippen MR) is 107 cm³/mol. The van der Waals surface area contributed by atoms with Crippen molar-refractivity contribution in [2.24, 2.45) is 0 Å². The summed E-state index contributed by atoms with van der Waals surface area (Å²) in [6.07, 6.45) is 2.60. The van der Waals surface area contributed by atoms with Crippen LogP contribution in [-0.4, -0.2) is 39.4 Å². The van der Waals surface area contributed by atoms with Gasteiger partial charge in [0.05, 0.1) is 25.8 Å². The second kappa shape index (κ2) is 8.67. The fourth-order valence-corrected chi connectivity index (χ4v) is 3.07. The SMILES string of the molecule is COc1cc(/C=C/C(=O)Nc2cccc(N3CCOC3=O)c2)cc(Cl)c1OC. The molecule has 0 atom stereocenters. The van der Waals surface area contributed by atoms with Gasteiger partial charge in [0.15, 0.2) is 11.5 Å². The monoisotopic (exact) mass is 402 g/mol. The molecule has 1 fully saturated rings. The van der Waals surface area contributed by atoms with Crippen molar-refractivity contribution in [1.82, 2.24) is 0 Å². The Bertz CT molecular complexity index is 929. The number of methoxy groups -OCH3 is 2. The van der Waals surface area contributed by atoms with E-state index in [9.17, 15) is 9.59 Å². The highest BCUT2D eigenvalue weighted by molar-refractivity contribution is 6.32. The number of anilines is 2. The fourth-order valence-electron chi connectivity index (χ4n) is 2.77. The number of benzene rings is 2. The molecule has 1 saturated heterocycles. The number of hydrogen-bond acceptors (Lipinski definition) is 5. The molecule has 8 heteroatoms. The third-order valence-corrected chi connectivity index (χ3v) is 4.35. The van der Waals surface area contributed by atoms with Crippen molar-refractivity contribution < 1.29 is 23.8 Å². The standard InChI is InChI=1S/C20H19ClN2O5/c1-26-17-11-13(10-16(21)19(17)27-2)6-7-18(24)22-14-4-3-5-15(12-14)23-8-9-28-20(23)25/h3-7,10-12H,8-9H2,1-2H3,(H,22,24)/b7-6+. The lowest BCUT2D eigenvalue weighted by Crippen LogP contribution is -2.23. The van der Waals surface area contributed by atoms with Crippen molar-refractivity contribution in [3.05, 3.63) is 53.1 Å². The zero-order chi connectivity index (χ0) is 20.1. The van der Waals surface area contributed by atoms with E-state index in [1.54, 1.807) is 42.5 Å². The number of nitrogens with one attached hydrogen (secondary N) is 1. The average molecular weight is 403 g/mol. The summed E-state index contributed by atoms with van der Waals surface area (Å²) in [5.41, 5.74) is 1.92. The van der Waals surface area contributed by atoms with Crippen LogP contribution in [0.5, 0.6) is 11.5 Å². The maximum Gasteiger partial charge on any atom is 0.414 e. The number of nitrogens with zero attached hydrogens (tertiary/aromatic N) is 1. The van der Waals surface area contributed by atoms with Crippen LogP contribution in [0, 0.1) is 0 Å². The number of carbonyl (C=O) groups excluding carboxylic acids is 2. The van der Waals surface area contributed by atoms with Crippen LogP contribution in [0.3, 0.4) is 0 Å². The first-order valence-electron chi connectivity index (χ1n) is 8.46. The molecule has 28 heavy (non-hydrogen) atoms. The Labute approximate surface area is 167 Å². The fraction of sp³-hybridized carbons (Fsp3) is 0.200. The van der Waals surface area contributed by atoms with Gasteiger partial charge in [0.1, 0.15) is 6.61 Å². The van der Waals surface area contributed by atoms with Crippen LogP contribution in [0.15, 0.2) is 42.5 Å². The molecule has 2 aromatic rings. The highest BCUT2D eigenvalue weighted by Crippen LogP contribution is 2.36. The van der Waals surface area contributed by atoms with Crippen molar-refractivity contribution in [3.8, 4) is 11.5 Å². The van der Waals surface area contributed by atoms with Gasteiger partial charge in [-0.2, -0.15) is 0 Å². The first-order chi connectivity index (χ1) is 13.5. The molecule has 1 heterocycles. The van der Waals surface area contributed by atoms with Crippen LogP contribution < -0.4 is 19.7 Å². The van der Waals surface area contributed by atoms with Gasteiger partial charge in [-0.3, -0.25) is 9.69 Å². The molecular weight excluding hydrogens is 384 g/mol. The molecule has 1 aliphatic heterocycles. The first kappa shape index (κ1) is 19.6. The molecule has 1 aliphatic rings. The number of ether oxygens (including phenoxy) is 3. The van der Waals surface area contributed by atoms with Gasteiger partial charge in [0.25, 0.3) is 0 Å². The summed E-state index contributed by atoms with van der Waals surface area (Å²) in [5.74, 6) is 0.579. The molecule has 0 aliphatic carbocycles. The van der Waals surface area contributed by atoms with E-state index in [-0.39, 0.29) is 5.91 Å². The Hall–Kier alpha value is -3.19. The molecule has 0 unspecified atom stereocenters. The topological polar surface area (TPSA) is 77.1 Å². The molecule has 2 amide bonds. The lowest BCUT2D eigenvalue weighted by Gasteiger charge is -2.13. The van der Waals surface area contributed by atoms with Gasteiger partial charge in [-0.1, -0.05) is 17.7 Å². The van der Waals surface area contributed by atoms with Crippen LogP contribution in [0.4, 0.5) is 16.2 Å². The van der Waals surface area contributed by atoms with E-state index in [1.165, 1.54) is 25.2 Å². The highest BCUT2D eigenvalue weighted by atomic mass is 35.5. The minimum Gasteiger partial charge on any atom is -0.493 e. The largest absolute Gasteiger partial charge is 0.493 e. The number of cyclic esters (lactones) is 1. The normalized spacial score (nSPS) is 13.5. The summed E-state index contributed by atoms with van der Waals surface area (Å²) in [6, 6.07) is 10.4. The smallest absolute Gasteiger partial charge is 0.414 e. The van der Waals surface area contributed by atoms with Gasteiger partial charge in [0.2, 0.25) is 5.91 Å². The summed E-state index contributed by atoms with van der Waals surface area (Å²) in [5, 5.41) is 3.14. The number of halogens is 1. The van der Waals surface area contributed by atoms with Gasteiger partial charge in [0, 0.05) is 17.5 Å². The summed E-state index contributed by atoms with van der Waals surface area (Å²) < 4.78 is 15.4. The van der Waals surface area contributed by atoms with Crippen LogP contribution in [-0.2, 0) is 9.53 Å². The number of amides is 2. The Morgan fingerprint density at radius 2 is 2.07 bits per heavy atom. The van der Waals surface area contributed by atoms with Gasteiger partial charge in [-0.05, 0) is 42.0 Å². The third kappa shape index (κ3) is 4.37. The van der Waals surface area contributed by atoms with Crippen molar-refractivity contribution in [1.29, 1.82) is 0 Å². The molecular formula is C20H19ClN2O5. The molecule has 0 saturated carbocycles. The summed E-state index contributed by atoms with van der Waals surface area (Å²) >= 11 is 6.17. The minimum absolute atomic E-state index is 0.327. The van der Waals surface area contributed by atoms with Crippen molar-refractivity contribution >= 4 is 41.1 Å². The van der Waals surface area contributed by atoms with Crippen molar-refractivity contribution in [2.45, 2.75) is 0 Å². The highest BCUT2D eigenvalue weighted by Gasteiger charge is 2.23. The zero-order valence-corrected chi connectivity index (χ0v) is 16.2. The molecule has 0 bridgehead atoms. The second-order valence-electron chi connectivity index (χ2n) is 5.88. The van der Waals surface area contributed by atoms with E-state index in [2.05, 4.69) is 5.32 Å². The molecule has 0 spiro atoms. The Morgan fingerprint density at radius 1 is 1.25 bits per heavy atom. The lowest BCUT2D eigenvalue weighted by atomic mass is 10.2. The van der Waals surface area contributed by atoms with Crippen molar-refractivity contribution in [3.63, 3.8) is 0 Å². The maximum atomic E-state index is 12.3. The van der Waals surface area contributed by atoms with Gasteiger partial charge < -0.3 is 19.5 Å². The molecule has 7 nitrogen and oxygen atoms in total. The van der Waals surface area contributed by atoms with E-state index < -0.39 is 6.09 Å². The predicted octanol–water partition coefficient (Wildman–Crippen LogP) is 3.97.